The van der Waals surface area contributed by atoms with Crippen molar-refractivity contribution in [3.05, 3.63) is 65.0 Å². The van der Waals surface area contributed by atoms with Crippen molar-refractivity contribution in [2.75, 3.05) is 23.8 Å². The lowest BCUT2D eigenvalue weighted by Crippen LogP contribution is -2.06. The molecule has 0 fully saturated rings. The van der Waals surface area contributed by atoms with Gasteiger partial charge in [-0.3, -0.25) is 10.1 Å². The molecule has 1 aromatic heterocycles. The van der Waals surface area contributed by atoms with E-state index in [-0.39, 0.29) is 17.3 Å². The summed E-state index contributed by atoms with van der Waals surface area (Å²) in [5.74, 6) is 1.46. The zero-order valence-corrected chi connectivity index (χ0v) is 17.5. The van der Waals surface area contributed by atoms with Crippen molar-refractivity contribution in [2.45, 2.75) is 26.7 Å². The van der Waals surface area contributed by atoms with Gasteiger partial charge in [0.15, 0.2) is 0 Å². The van der Waals surface area contributed by atoms with E-state index in [1.54, 1.807) is 30.3 Å². The number of anilines is 4. The monoisotopic (exact) mass is 423 g/mol. The minimum atomic E-state index is -0.518. The summed E-state index contributed by atoms with van der Waals surface area (Å²) in [5, 5.41) is 17.8. The summed E-state index contributed by atoms with van der Waals surface area (Å²) >= 11 is 0. The number of benzene rings is 2. The molecule has 0 radical (unpaired) electrons. The first-order chi connectivity index (χ1) is 15.1. The molecule has 0 bridgehead atoms. The highest BCUT2D eigenvalue weighted by Gasteiger charge is 2.24. The fourth-order valence-corrected chi connectivity index (χ4v) is 2.82. The number of hydrogen-bond donors (Lipinski definition) is 2. The molecule has 0 unspecified atom stereocenters. The molecule has 2 N–H and O–H groups in total. The molecule has 162 valence electrons. The molecule has 31 heavy (non-hydrogen) atoms. The Morgan fingerprint density at radius 3 is 2.35 bits per heavy atom. The van der Waals surface area contributed by atoms with E-state index < -0.39 is 4.92 Å². The third-order valence-electron chi connectivity index (χ3n) is 4.33. The highest BCUT2D eigenvalue weighted by atomic mass is 16.6. The van der Waals surface area contributed by atoms with Crippen LogP contribution in [0.1, 0.15) is 26.7 Å². The molecule has 1 heterocycles. The first-order valence-corrected chi connectivity index (χ1v) is 10.1. The van der Waals surface area contributed by atoms with Gasteiger partial charge >= 0.3 is 5.69 Å². The van der Waals surface area contributed by atoms with Gasteiger partial charge in [-0.05, 0) is 49.7 Å². The Kier molecular flexibility index (Phi) is 7.58. The Balaban J connectivity index is 1.83. The smallest absolute Gasteiger partial charge is 0.353 e. The fraction of sp³-hybridized carbons (Fsp3) is 0.273. The van der Waals surface area contributed by atoms with Crippen molar-refractivity contribution < 1.29 is 14.4 Å². The van der Waals surface area contributed by atoms with E-state index in [0.717, 1.165) is 18.6 Å². The second kappa shape index (κ2) is 10.8. The number of unbranched alkanes of at least 4 members (excludes halogenated alkanes) is 1. The Morgan fingerprint density at radius 2 is 1.68 bits per heavy atom. The molecule has 9 heteroatoms. The Labute approximate surface area is 180 Å². The number of rotatable bonds is 11. The predicted octanol–water partition coefficient (Wildman–Crippen LogP) is 5.45. The van der Waals surface area contributed by atoms with Gasteiger partial charge < -0.3 is 20.1 Å². The van der Waals surface area contributed by atoms with Crippen molar-refractivity contribution >= 4 is 28.7 Å². The fourth-order valence-electron chi connectivity index (χ4n) is 2.82. The molecular weight excluding hydrogens is 398 g/mol. The zero-order chi connectivity index (χ0) is 22.1. The summed E-state index contributed by atoms with van der Waals surface area (Å²) in [6.07, 6.45) is 3.31. The maximum Gasteiger partial charge on any atom is 0.353 e. The van der Waals surface area contributed by atoms with Gasteiger partial charge in [0.2, 0.25) is 11.6 Å². The van der Waals surface area contributed by atoms with Crippen LogP contribution < -0.4 is 20.1 Å². The number of nitrogens with zero attached hydrogens (tertiary/aromatic N) is 3. The molecule has 0 saturated carbocycles. The molecule has 9 nitrogen and oxygen atoms in total. The van der Waals surface area contributed by atoms with Crippen LogP contribution in [0.4, 0.5) is 28.7 Å². The molecule has 0 aliphatic rings. The van der Waals surface area contributed by atoms with E-state index >= 15 is 0 Å². The van der Waals surface area contributed by atoms with Gasteiger partial charge in [-0.25, -0.2) is 9.97 Å². The summed E-state index contributed by atoms with van der Waals surface area (Å²) in [5.41, 5.74) is 0.952. The van der Waals surface area contributed by atoms with Crippen LogP contribution >= 0.6 is 0 Å². The SMILES string of the molecule is CCCCOc1ccc(Nc2ncnc(Nc3ccccc3OCC)c2[N+](=O)[O-])cc1. The summed E-state index contributed by atoms with van der Waals surface area (Å²) < 4.78 is 11.2. The molecule has 0 atom stereocenters. The van der Waals surface area contributed by atoms with E-state index in [9.17, 15) is 10.1 Å². The van der Waals surface area contributed by atoms with Crippen molar-refractivity contribution in [1.82, 2.24) is 9.97 Å². The Hall–Kier alpha value is -3.88. The van der Waals surface area contributed by atoms with Crippen LogP contribution in [0.5, 0.6) is 11.5 Å². The summed E-state index contributed by atoms with van der Waals surface area (Å²) in [7, 11) is 0. The number of hydrogen-bond acceptors (Lipinski definition) is 8. The van der Waals surface area contributed by atoms with Crippen LogP contribution in [0.25, 0.3) is 0 Å². The van der Waals surface area contributed by atoms with Gasteiger partial charge in [0.05, 0.1) is 23.8 Å². The van der Waals surface area contributed by atoms with Crippen LogP contribution in [0.15, 0.2) is 54.9 Å². The van der Waals surface area contributed by atoms with E-state index in [1.807, 2.05) is 25.1 Å². The first-order valence-electron chi connectivity index (χ1n) is 10.1. The average molecular weight is 423 g/mol. The van der Waals surface area contributed by atoms with Gasteiger partial charge in [0.25, 0.3) is 0 Å². The molecule has 0 aliphatic carbocycles. The topological polar surface area (TPSA) is 111 Å². The van der Waals surface area contributed by atoms with Gasteiger partial charge in [-0.15, -0.1) is 0 Å². The van der Waals surface area contributed by atoms with Gasteiger partial charge in [-0.2, -0.15) is 0 Å². The van der Waals surface area contributed by atoms with Crippen LogP contribution in [0.2, 0.25) is 0 Å². The van der Waals surface area contributed by atoms with E-state index in [1.165, 1.54) is 6.33 Å². The molecule has 3 aromatic rings. The average Bonchev–Trinajstić information content (AvgIpc) is 2.77. The number of aromatic nitrogens is 2. The van der Waals surface area contributed by atoms with Gasteiger partial charge in [0, 0.05) is 5.69 Å². The quantitative estimate of drug-likeness (QED) is 0.238. The maximum absolute atomic E-state index is 11.8. The van der Waals surface area contributed by atoms with E-state index in [0.29, 0.717) is 30.3 Å². The molecule has 3 rings (SSSR count). The second-order valence-corrected chi connectivity index (χ2v) is 6.58. The normalized spacial score (nSPS) is 10.4. The van der Waals surface area contributed by atoms with Crippen LogP contribution in [0, 0.1) is 10.1 Å². The minimum Gasteiger partial charge on any atom is -0.494 e. The van der Waals surface area contributed by atoms with Crippen molar-refractivity contribution in [1.29, 1.82) is 0 Å². The minimum absolute atomic E-state index is 0.0640. The Bertz CT molecular complexity index is 1010. The number of para-hydroxylation sites is 2. The van der Waals surface area contributed by atoms with Crippen LogP contribution in [-0.2, 0) is 0 Å². The highest BCUT2D eigenvalue weighted by molar-refractivity contribution is 5.78. The lowest BCUT2D eigenvalue weighted by Gasteiger charge is -2.13. The molecular formula is C22H25N5O4. The standard InChI is InChI=1S/C22H25N5O4/c1-3-5-14-31-17-12-10-16(11-13-17)25-21-20(27(28)29)22(24-15-23-21)26-18-8-6-7-9-19(18)30-4-2/h6-13,15H,3-5,14H2,1-2H3,(H2,23,24,25,26). The zero-order valence-electron chi connectivity index (χ0n) is 17.5. The third kappa shape index (κ3) is 5.81. The molecule has 2 aromatic carbocycles. The lowest BCUT2D eigenvalue weighted by molar-refractivity contribution is -0.383. The third-order valence-corrected chi connectivity index (χ3v) is 4.33. The van der Waals surface area contributed by atoms with Crippen molar-refractivity contribution in [2.24, 2.45) is 0 Å². The number of nitrogens with one attached hydrogen (secondary N) is 2. The highest BCUT2D eigenvalue weighted by Crippen LogP contribution is 2.35. The van der Waals surface area contributed by atoms with Crippen LogP contribution in [-0.4, -0.2) is 28.1 Å². The van der Waals surface area contributed by atoms with Crippen molar-refractivity contribution in [3.8, 4) is 11.5 Å². The number of nitro groups is 1. The predicted molar refractivity (Wildman–Crippen MR) is 120 cm³/mol. The van der Waals surface area contributed by atoms with E-state index in [4.69, 9.17) is 9.47 Å². The summed E-state index contributed by atoms with van der Waals surface area (Å²) in [6, 6.07) is 14.4. The van der Waals surface area contributed by atoms with Crippen molar-refractivity contribution in [3.63, 3.8) is 0 Å². The molecule has 0 aliphatic heterocycles. The summed E-state index contributed by atoms with van der Waals surface area (Å²) in [4.78, 5) is 19.5. The molecule has 0 spiro atoms. The second-order valence-electron chi connectivity index (χ2n) is 6.58. The first kappa shape index (κ1) is 21.8. The van der Waals surface area contributed by atoms with Gasteiger partial charge in [0.1, 0.15) is 17.8 Å². The maximum atomic E-state index is 11.8. The van der Waals surface area contributed by atoms with Crippen LogP contribution in [0.3, 0.4) is 0 Å². The lowest BCUT2D eigenvalue weighted by atomic mass is 10.2. The van der Waals surface area contributed by atoms with E-state index in [2.05, 4.69) is 27.5 Å². The van der Waals surface area contributed by atoms with Gasteiger partial charge in [-0.1, -0.05) is 25.5 Å². The summed E-state index contributed by atoms with van der Waals surface area (Å²) in [6.45, 7) is 5.09. The Morgan fingerprint density at radius 1 is 0.968 bits per heavy atom. The largest absolute Gasteiger partial charge is 0.494 e. The molecule has 0 saturated heterocycles. The number of ether oxygens (including phenoxy) is 2. The molecule has 0 amide bonds.